The van der Waals surface area contributed by atoms with Gasteiger partial charge < -0.3 is 5.32 Å². The largest absolute Gasteiger partial charge is 0.388 e. The van der Waals surface area contributed by atoms with E-state index >= 15 is 0 Å². The fraction of sp³-hybridized carbons (Fsp3) is 0.125. The Kier molecular flexibility index (Phi) is 1.46. The molecule has 62 valence electrons. The molecule has 1 aromatic carbocycles. The van der Waals surface area contributed by atoms with E-state index in [1.165, 1.54) is 6.07 Å². The van der Waals surface area contributed by atoms with Crippen molar-refractivity contribution in [3.8, 4) is 0 Å². The Bertz CT molecular complexity index is 408. The second-order valence-corrected chi connectivity index (χ2v) is 2.54. The summed E-state index contributed by atoms with van der Waals surface area (Å²) in [5.41, 5.74) is 1.20. The average molecular weight is 165 g/mol. The van der Waals surface area contributed by atoms with Crippen molar-refractivity contribution in [3.63, 3.8) is 0 Å². The molecule has 2 aromatic rings. The standard InChI is InChI=1S/C8H8FN3/c1-10-6-2-5-4-11-12-8(5)7(9)3-6/h2-4,10H,1H3,(H,11,12). The molecule has 0 aliphatic heterocycles. The first-order valence-electron chi connectivity index (χ1n) is 3.61. The van der Waals surface area contributed by atoms with E-state index in [1.807, 2.05) is 6.07 Å². The summed E-state index contributed by atoms with van der Waals surface area (Å²) >= 11 is 0. The van der Waals surface area contributed by atoms with Gasteiger partial charge in [0.15, 0.2) is 5.82 Å². The van der Waals surface area contributed by atoms with Crippen LogP contribution in [0.2, 0.25) is 0 Å². The van der Waals surface area contributed by atoms with Crippen molar-refractivity contribution in [1.29, 1.82) is 0 Å². The Hall–Kier alpha value is -1.58. The monoisotopic (exact) mass is 165 g/mol. The van der Waals surface area contributed by atoms with Crippen molar-refractivity contribution in [1.82, 2.24) is 10.2 Å². The molecule has 0 aliphatic carbocycles. The van der Waals surface area contributed by atoms with Crippen molar-refractivity contribution in [3.05, 3.63) is 24.1 Å². The quantitative estimate of drug-likeness (QED) is 0.675. The van der Waals surface area contributed by atoms with Crippen LogP contribution in [-0.2, 0) is 0 Å². The number of anilines is 1. The van der Waals surface area contributed by atoms with Crippen LogP contribution in [0.25, 0.3) is 10.9 Å². The smallest absolute Gasteiger partial charge is 0.150 e. The zero-order valence-electron chi connectivity index (χ0n) is 6.56. The lowest BCUT2D eigenvalue weighted by Crippen LogP contribution is -1.89. The number of benzene rings is 1. The van der Waals surface area contributed by atoms with Gasteiger partial charge in [0.05, 0.1) is 6.20 Å². The molecule has 1 heterocycles. The number of aromatic amines is 1. The second-order valence-electron chi connectivity index (χ2n) is 2.54. The molecule has 0 amide bonds. The van der Waals surface area contributed by atoms with Crippen molar-refractivity contribution in [2.24, 2.45) is 0 Å². The molecule has 4 heteroatoms. The topological polar surface area (TPSA) is 40.7 Å². The third kappa shape index (κ3) is 0.922. The minimum Gasteiger partial charge on any atom is -0.388 e. The van der Waals surface area contributed by atoms with Gasteiger partial charge in [-0.25, -0.2) is 4.39 Å². The van der Waals surface area contributed by atoms with Crippen LogP contribution in [0.4, 0.5) is 10.1 Å². The van der Waals surface area contributed by atoms with E-state index in [9.17, 15) is 4.39 Å². The Morgan fingerprint density at radius 1 is 1.50 bits per heavy atom. The van der Waals surface area contributed by atoms with E-state index in [0.717, 1.165) is 11.1 Å². The number of H-pyrrole nitrogens is 1. The Morgan fingerprint density at radius 3 is 3.08 bits per heavy atom. The summed E-state index contributed by atoms with van der Waals surface area (Å²) in [6.45, 7) is 0. The molecule has 0 saturated heterocycles. The van der Waals surface area contributed by atoms with Gasteiger partial charge in [-0.1, -0.05) is 0 Å². The fourth-order valence-electron chi connectivity index (χ4n) is 1.16. The van der Waals surface area contributed by atoms with Crippen molar-refractivity contribution in [2.45, 2.75) is 0 Å². The zero-order chi connectivity index (χ0) is 8.55. The fourth-order valence-corrected chi connectivity index (χ4v) is 1.16. The molecule has 2 N–H and O–H groups in total. The third-order valence-corrected chi connectivity index (χ3v) is 1.79. The van der Waals surface area contributed by atoms with E-state index < -0.39 is 0 Å². The van der Waals surface area contributed by atoms with Crippen LogP contribution in [0.1, 0.15) is 0 Å². The summed E-state index contributed by atoms with van der Waals surface area (Å²) < 4.78 is 13.2. The molecule has 0 radical (unpaired) electrons. The van der Waals surface area contributed by atoms with Crippen LogP contribution in [0.15, 0.2) is 18.3 Å². The number of nitrogens with zero attached hydrogens (tertiary/aromatic N) is 1. The lowest BCUT2D eigenvalue weighted by Gasteiger charge is -1.99. The highest BCUT2D eigenvalue weighted by atomic mass is 19.1. The average Bonchev–Trinajstić information content (AvgIpc) is 2.52. The Balaban J connectivity index is 2.75. The lowest BCUT2D eigenvalue weighted by atomic mass is 10.2. The van der Waals surface area contributed by atoms with Crippen LogP contribution in [-0.4, -0.2) is 17.2 Å². The lowest BCUT2D eigenvalue weighted by molar-refractivity contribution is 0.636. The van der Waals surface area contributed by atoms with E-state index in [1.54, 1.807) is 13.2 Å². The normalized spacial score (nSPS) is 10.5. The predicted octanol–water partition coefficient (Wildman–Crippen LogP) is 1.74. The number of aromatic nitrogens is 2. The molecule has 12 heavy (non-hydrogen) atoms. The molecule has 0 bridgehead atoms. The van der Waals surface area contributed by atoms with Gasteiger partial charge in [0.1, 0.15) is 5.52 Å². The third-order valence-electron chi connectivity index (χ3n) is 1.79. The molecule has 0 aliphatic rings. The van der Waals surface area contributed by atoms with Gasteiger partial charge in [-0.15, -0.1) is 0 Å². The van der Waals surface area contributed by atoms with Crippen molar-refractivity contribution < 1.29 is 4.39 Å². The van der Waals surface area contributed by atoms with Crippen molar-refractivity contribution in [2.75, 3.05) is 12.4 Å². The molecule has 3 nitrogen and oxygen atoms in total. The van der Waals surface area contributed by atoms with Gasteiger partial charge in [0.2, 0.25) is 0 Å². The second kappa shape index (κ2) is 2.48. The summed E-state index contributed by atoms with van der Waals surface area (Å²) in [4.78, 5) is 0. The van der Waals surface area contributed by atoms with E-state index in [-0.39, 0.29) is 5.82 Å². The number of nitrogens with one attached hydrogen (secondary N) is 2. The number of hydrogen-bond acceptors (Lipinski definition) is 2. The van der Waals surface area contributed by atoms with E-state index in [2.05, 4.69) is 15.5 Å². The first kappa shape index (κ1) is 7.09. The molecule has 0 atom stereocenters. The highest BCUT2D eigenvalue weighted by Gasteiger charge is 2.03. The van der Waals surface area contributed by atoms with Gasteiger partial charge >= 0.3 is 0 Å². The Labute approximate surface area is 68.6 Å². The van der Waals surface area contributed by atoms with Gasteiger partial charge in [0.25, 0.3) is 0 Å². The number of hydrogen-bond donors (Lipinski definition) is 2. The maximum absolute atomic E-state index is 13.2. The molecule has 0 saturated carbocycles. The van der Waals surface area contributed by atoms with Gasteiger partial charge in [-0.05, 0) is 12.1 Å². The molecule has 0 fully saturated rings. The molecule has 2 rings (SSSR count). The molecule has 1 aromatic heterocycles. The number of fused-ring (bicyclic) bond motifs is 1. The van der Waals surface area contributed by atoms with Crippen LogP contribution >= 0.6 is 0 Å². The van der Waals surface area contributed by atoms with Gasteiger partial charge in [0, 0.05) is 18.1 Å². The van der Waals surface area contributed by atoms with E-state index in [4.69, 9.17) is 0 Å². The maximum Gasteiger partial charge on any atom is 0.150 e. The van der Waals surface area contributed by atoms with E-state index in [0.29, 0.717) is 5.52 Å². The first-order chi connectivity index (χ1) is 5.81. The summed E-state index contributed by atoms with van der Waals surface area (Å²) in [7, 11) is 1.75. The highest BCUT2D eigenvalue weighted by Crippen LogP contribution is 2.19. The van der Waals surface area contributed by atoms with Crippen LogP contribution in [0, 0.1) is 5.82 Å². The summed E-state index contributed by atoms with van der Waals surface area (Å²) in [6, 6.07) is 3.27. The molecular formula is C8H8FN3. The Morgan fingerprint density at radius 2 is 2.33 bits per heavy atom. The van der Waals surface area contributed by atoms with Crippen molar-refractivity contribution >= 4 is 16.6 Å². The molecule has 0 spiro atoms. The minimum atomic E-state index is -0.283. The van der Waals surface area contributed by atoms with Gasteiger partial charge in [-0.2, -0.15) is 5.10 Å². The SMILES string of the molecule is CNc1cc(F)c2[nH]ncc2c1. The molecule has 0 unspecified atom stereocenters. The summed E-state index contributed by atoms with van der Waals surface area (Å²) in [5.74, 6) is -0.283. The van der Waals surface area contributed by atoms with Gasteiger partial charge in [-0.3, -0.25) is 5.10 Å². The number of rotatable bonds is 1. The summed E-state index contributed by atoms with van der Waals surface area (Å²) in [6.07, 6.45) is 1.60. The zero-order valence-corrected chi connectivity index (χ0v) is 6.56. The highest BCUT2D eigenvalue weighted by molar-refractivity contribution is 5.82. The number of halogens is 1. The predicted molar refractivity (Wildman–Crippen MR) is 45.6 cm³/mol. The first-order valence-corrected chi connectivity index (χ1v) is 3.61. The van der Waals surface area contributed by atoms with Crippen LogP contribution in [0.3, 0.4) is 0 Å². The minimum absolute atomic E-state index is 0.283. The maximum atomic E-state index is 13.2. The van der Waals surface area contributed by atoms with Crippen LogP contribution in [0.5, 0.6) is 0 Å². The molecular weight excluding hydrogens is 157 g/mol. The summed E-state index contributed by atoms with van der Waals surface area (Å²) in [5, 5.41) is 9.98. The van der Waals surface area contributed by atoms with Crippen LogP contribution < -0.4 is 5.32 Å².